The van der Waals surface area contributed by atoms with Gasteiger partial charge in [0.2, 0.25) is 0 Å². The Morgan fingerprint density at radius 1 is 1.00 bits per heavy atom. The summed E-state index contributed by atoms with van der Waals surface area (Å²) in [5.41, 5.74) is 8.42. The zero-order chi connectivity index (χ0) is 14.0. The van der Waals surface area contributed by atoms with E-state index in [2.05, 4.69) is 4.72 Å². The fourth-order valence-electron chi connectivity index (χ4n) is 1.77. The van der Waals surface area contributed by atoms with E-state index in [1.54, 1.807) is 49.4 Å². The Morgan fingerprint density at radius 3 is 2.32 bits per heavy atom. The molecule has 19 heavy (non-hydrogen) atoms. The molecule has 0 bridgehead atoms. The second-order valence-electron chi connectivity index (χ2n) is 4.44. The van der Waals surface area contributed by atoms with Crippen LogP contribution in [0.5, 0.6) is 0 Å². The summed E-state index contributed by atoms with van der Waals surface area (Å²) in [4.78, 5) is 0.272. The molecule has 0 aromatic heterocycles. The highest BCUT2D eigenvalue weighted by Gasteiger charge is 2.16. The Bertz CT molecular complexity index is 709. The first kappa shape index (κ1) is 13.4. The Kier molecular flexibility index (Phi) is 3.48. The number of rotatable bonds is 3. The zero-order valence-electron chi connectivity index (χ0n) is 10.8. The number of hydrogen-bond acceptors (Lipinski definition) is 3. The molecular weight excluding hydrogens is 260 g/mol. The number of benzene rings is 2. The van der Waals surface area contributed by atoms with E-state index in [0.717, 1.165) is 5.56 Å². The van der Waals surface area contributed by atoms with Crippen molar-refractivity contribution in [3.05, 3.63) is 53.6 Å². The van der Waals surface area contributed by atoms with Gasteiger partial charge in [-0.3, -0.25) is 4.72 Å². The van der Waals surface area contributed by atoms with Crippen LogP contribution in [0, 0.1) is 13.8 Å². The molecule has 0 heterocycles. The third-order valence-corrected chi connectivity index (χ3v) is 4.46. The molecule has 100 valence electrons. The van der Waals surface area contributed by atoms with E-state index in [4.69, 9.17) is 5.73 Å². The van der Waals surface area contributed by atoms with Gasteiger partial charge in [0.25, 0.3) is 10.0 Å². The van der Waals surface area contributed by atoms with Crippen LogP contribution in [0.4, 0.5) is 11.4 Å². The van der Waals surface area contributed by atoms with Gasteiger partial charge in [-0.2, -0.15) is 0 Å². The molecule has 0 spiro atoms. The topological polar surface area (TPSA) is 72.2 Å². The molecular formula is C14H16N2O2S. The molecule has 0 fully saturated rings. The fourth-order valence-corrected chi connectivity index (χ4v) is 3.07. The number of nitrogens with two attached hydrogens (primary N) is 1. The molecule has 4 nitrogen and oxygen atoms in total. The van der Waals surface area contributed by atoms with E-state index in [0.29, 0.717) is 16.9 Å². The third kappa shape index (κ3) is 2.88. The smallest absolute Gasteiger partial charge is 0.262 e. The maximum absolute atomic E-state index is 12.3. The summed E-state index contributed by atoms with van der Waals surface area (Å²) in [6, 6.07) is 11.9. The van der Waals surface area contributed by atoms with Gasteiger partial charge in [-0.1, -0.05) is 24.3 Å². The third-order valence-electron chi connectivity index (χ3n) is 2.91. The number of anilines is 2. The predicted octanol–water partition coefficient (Wildman–Crippen LogP) is 2.69. The second-order valence-corrected chi connectivity index (χ2v) is 6.09. The first-order chi connectivity index (χ1) is 8.90. The summed E-state index contributed by atoms with van der Waals surface area (Å²) in [6.45, 7) is 3.63. The molecule has 5 heteroatoms. The van der Waals surface area contributed by atoms with Crippen molar-refractivity contribution in [1.29, 1.82) is 0 Å². The SMILES string of the molecule is Cc1ccc(NS(=O)(=O)c2ccccc2C)cc1N. The van der Waals surface area contributed by atoms with Crippen molar-refractivity contribution in [1.82, 2.24) is 0 Å². The first-order valence-corrected chi connectivity index (χ1v) is 7.33. The molecule has 0 saturated heterocycles. The number of sulfonamides is 1. The van der Waals surface area contributed by atoms with Crippen LogP contribution < -0.4 is 10.5 Å². The minimum Gasteiger partial charge on any atom is -0.398 e. The van der Waals surface area contributed by atoms with Gasteiger partial charge in [-0.05, 0) is 43.2 Å². The Labute approximate surface area is 113 Å². The summed E-state index contributed by atoms with van der Waals surface area (Å²) in [6.07, 6.45) is 0. The summed E-state index contributed by atoms with van der Waals surface area (Å²) in [7, 11) is -3.58. The van der Waals surface area contributed by atoms with Crippen molar-refractivity contribution < 1.29 is 8.42 Å². The summed E-state index contributed by atoms with van der Waals surface area (Å²) >= 11 is 0. The van der Waals surface area contributed by atoms with Crippen LogP contribution >= 0.6 is 0 Å². The highest BCUT2D eigenvalue weighted by Crippen LogP contribution is 2.22. The molecule has 0 unspecified atom stereocenters. The van der Waals surface area contributed by atoms with Crippen LogP contribution in [-0.4, -0.2) is 8.42 Å². The molecule has 0 saturated carbocycles. The van der Waals surface area contributed by atoms with Gasteiger partial charge in [0, 0.05) is 5.69 Å². The van der Waals surface area contributed by atoms with Gasteiger partial charge in [0.05, 0.1) is 10.6 Å². The average molecular weight is 276 g/mol. The van der Waals surface area contributed by atoms with E-state index in [9.17, 15) is 8.42 Å². The standard InChI is InChI=1S/C14H16N2O2S/c1-10-7-8-12(9-13(10)15)16-19(17,18)14-6-4-3-5-11(14)2/h3-9,16H,15H2,1-2H3. The van der Waals surface area contributed by atoms with Crippen molar-refractivity contribution in [2.45, 2.75) is 18.7 Å². The quantitative estimate of drug-likeness (QED) is 0.847. The van der Waals surface area contributed by atoms with Crippen LogP contribution in [-0.2, 0) is 10.0 Å². The fraction of sp³-hybridized carbons (Fsp3) is 0.143. The maximum Gasteiger partial charge on any atom is 0.262 e. The van der Waals surface area contributed by atoms with Crippen LogP contribution in [0.25, 0.3) is 0 Å². The summed E-state index contributed by atoms with van der Waals surface area (Å²) in [5, 5.41) is 0. The monoisotopic (exact) mass is 276 g/mol. The molecule has 2 rings (SSSR count). The van der Waals surface area contributed by atoms with Gasteiger partial charge in [-0.15, -0.1) is 0 Å². The van der Waals surface area contributed by atoms with Crippen molar-refractivity contribution in [3.63, 3.8) is 0 Å². The van der Waals surface area contributed by atoms with Crippen molar-refractivity contribution >= 4 is 21.4 Å². The zero-order valence-corrected chi connectivity index (χ0v) is 11.7. The van der Waals surface area contributed by atoms with Crippen LogP contribution in [0.2, 0.25) is 0 Å². The van der Waals surface area contributed by atoms with Crippen molar-refractivity contribution in [2.75, 3.05) is 10.5 Å². The van der Waals surface area contributed by atoms with Gasteiger partial charge in [0.15, 0.2) is 0 Å². The summed E-state index contributed by atoms with van der Waals surface area (Å²) < 4.78 is 27.1. The van der Waals surface area contributed by atoms with Crippen LogP contribution in [0.1, 0.15) is 11.1 Å². The highest BCUT2D eigenvalue weighted by molar-refractivity contribution is 7.92. The molecule has 2 aromatic rings. The molecule has 0 aliphatic carbocycles. The van der Waals surface area contributed by atoms with E-state index in [1.807, 2.05) is 6.92 Å². The molecule has 0 aliphatic heterocycles. The minimum absolute atomic E-state index is 0.272. The van der Waals surface area contributed by atoms with Crippen molar-refractivity contribution in [3.8, 4) is 0 Å². The van der Waals surface area contributed by atoms with E-state index in [1.165, 1.54) is 0 Å². The van der Waals surface area contributed by atoms with E-state index >= 15 is 0 Å². The lowest BCUT2D eigenvalue weighted by Gasteiger charge is -2.11. The Hall–Kier alpha value is -2.01. The molecule has 0 atom stereocenters. The van der Waals surface area contributed by atoms with Crippen molar-refractivity contribution in [2.24, 2.45) is 0 Å². The van der Waals surface area contributed by atoms with Gasteiger partial charge in [-0.25, -0.2) is 8.42 Å². The minimum atomic E-state index is -3.58. The number of nitrogens with one attached hydrogen (secondary N) is 1. The lowest BCUT2D eigenvalue weighted by Crippen LogP contribution is -2.14. The Morgan fingerprint density at radius 2 is 1.68 bits per heavy atom. The molecule has 0 radical (unpaired) electrons. The number of aryl methyl sites for hydroxylation is 2. The lowest BCUT2D eigenvalue weighted by molar-refractivity contribution is 0.600. The molecule has 0 amide bonds. The highest BCUT2D eigenvalue weighted by atomic mass is 32.2. The predicted molar refractivity (Wildman–Crippen MR) is 77.6 cm³/mol. The maximum atomic E-state index is 12.3. The normalized spacial score (nSPS) is 11.3. The number of hydrogen-bond donors (Lipinski definition) is 2. The van der Waals surface area contributed by atoms with Crippen LogP contribution in [0.3, 0.4) is 0 Å². The lowest BCUT2D eigenvalue weighted by atomic mass is 10.2. The van der Waals surface area contributed by atoms with Gasteiger partial charge >= 0.3 is 0 Å². The summed E-state index contributed by atoms with van der Waals surface area (Å²) in [5.74, 6) is 0. The number of nitrogen functional groups attached to an aromatic ring is 1. The average Bonchev–Trinajstić information content (AvgIpc) is 2.34. The Balaban J connectivity index is 2.37. The van der Waals surface area contributed by atoms with Gasteiger partial charge in [0.1, 0.15) is 0 Å². The largest absolute Gasteiger partial charge is 0.398 e. The first-order valence-electron chi connectivity index (χ1n) is 5.85. The van der Waals surface area contributed by atoms with Crippen LogP contribution in [0.15, 0.2) is 47.4 Å². The van der Waals surface area contributed by atoms with Gasteiger partial charge < -0.3 is 5.73 Å². The molecule has 2 aromatic carbocycles. The molecule has 0 aliphatic rings. The van der Waals surface area contributed by atoms with E-state index < -0.39 is 10.0 Å². The molecule has 3 N–H and O–H groups in total. The van der Waals surface area contributed by atoms with E-state index in [-0.39, 0.29) is 4.90 Å². The second kappa shape index (κ2) is 4.93.